The van der Waals surface area contributed by atoms with Gasteiger partial charge in [0.05, 0.1) is 13.2 Å². The van der Waals surface area contributed by atoms with Crippen molar-refractivity contribution < 1.29 is 9.47 Å². The van der Waals surface area contributed by atoms with Crippen molar-refractivity contribution in [1.29, 1.82) is 0 Å². The van der Waals surface area contributed by atoms with Gasteiger partial charge in [0.25, 0.3) is 0 Å². The molecule has 0 heterocycles. The fraction of sp³-hybridized carbons (Fsp3) is 0.632. The standard InChI is InChI=1S/C19H29N3O2/c1-20-19(21-12-14-7-8-14)22-13-15-9-10-17(23-2)18(11-15)24-16-5-3-4-6-16/h9-11,14,16H,3-8,12-13H2,1-2H3,(H2,20,21,22). The molecule has 2 aliphatic rings. The van der Waals surface area contributed by atoms with Gasteiger partial charge in [-0.2, -0.15) is 0 Å². The number of benzene rings is 1. The van der Waals surface area contributed by atoms with E-state index in [0.29, 0.717) is 6.10 Å². The number of nitrogens with one attached hydrogen (secondary N) is 2. The van der Waals surface area contributed by atoms with Gasteiger partial charge in [0.1, 0.15) is 0 Å². The molecule has 0 radical (unpaired) electrons. The lowest BCUT2D eigenvalue weighted by Gasteiger charge is -2.17. The second-order valence-electron chi connectivity index (χ2n) is 6.76. The summed E-state index contributed by atoms with van der Waals surface area (Å²) in [6.07, 6.45) is 7.81. The molecule has 1 aromatic rings. The highest BCUT2D eigenvalue weighted by atomic mass is 16.5. The smallest absolute Gasteiger partial charge is 0.191 e. The summed E-state index contributed by atoms with van der Waals surface area (Å²) in [5.41, 5.74) is 1.16. The molecule has 132 valence electrons. The molecule has 0 saturated heterocycles. The third-order valence-electron chi connectivity index (χ3n) is 4.76. The van der Waals surface area contributed by atoms with E-state index in [1.165, 1.54) is 25.7 Å². The van der Waals surface area contributed by atoms with Crippen molar-refractivity contribution in [2.24, 2.45) is 10.9 Å². The first-order chi connectivity index (χ1) is 11.8. The number of ether oxygens (including phenoxy) is 2. The van der Waals surface area contributed by atoms with Gasteiger partial charge in [-0.25, -0.2) is 0 Å². The maximum atomic E-state index is 6.16. The van der Waals surface area contributed by atoms with Crippen LogP contribution in [-0.4, -0.2) is 32.8 Å². The summed E-state index contributed by atoms with van der Waals surface area (Å²) in [6.45, 7) is 1.73. The molecule has 0 amide bonds. The summed E-state index contributed by atoms with van der Waals surface area (Å²) >= 11 is 0. The Morgan fingerprint density at radius 2 is 1.92 bits per heavy atom. The third-order valence-corrected chi connectivity index (χ3v) is 4.76. The number of nitrogens with zero attached hydrogens (tertiary/aromatic N) is 1. The highest BCUT2D eigenvalue weighted by Gasteiger charge is 2.21. The van der Waals surface area contributed by atoms with Gasteiger partial charge in [-0.15, -0.1) is 0 Å². The maximum Gasteiger partial charge on any atom is 0.191 e. The quantitative estimate of drug-likeness (QED) is 0.595. The first kappa shape index (κ1) is 16.9. The average molecular weight is 331 g/mol. The van der Waals surface area contributed by atoms with Crippen LogP contribution >= 0.6 is 0 Å². The largest absolute Gasteiger partial charge is 0.493 e. The molecule has 0 aliphatic heterocycles. The number of methoxy groups -OCH3 is 1. The normalized spacial score (nSPS) is 18.5. The van der Waals surface area contributed by atoms with Gasteiger partial charge in [0.2, 0.25) is 0 Å². The van der Waals surface area contributed by atoms with E-state index in [9.17, 15) is 0 Å². The molecular formula is C19H29N3O2. The molecule has 0 bridgehead atoms. The highest BCUT2D eigenvalue weighted by molar-refractivity contribution is 5.79. The number of aliphatic imine (C=N–C) groups is 1. The van der Waals surface area contributed by atoms with Crippen LogP contribution in [0.3, 0.4) is 0 Å². The zero-order valence-corrected chi connectivity index (χ0v) is 14.8. The SMILES string of the molecule is CN=C(NCc1ccc(OC)c(OC2CCCC2)c1)NCC1CC1. The maximum absolute atomic E-state index is 6.16. The molecule has 2 saturated carbocycles. The molecule has 2 aliphatic carbocycles. The van der Waals surface area contributed by atoms with Crippen LogP contribution < -0.4 is 20.1 Å². The second kappa shape index (κ2) is 8.27. The molecule has 5 heteroatoms. The molecule has 2 fully saturated rings. The Morgan fingerprint density at radius 1 is 1.12 bits per heavy atom. The van der Waals surface area contributed by atoms with Crippen molar-refractivity contribution >= 4 is 5.96 Å². The van der Waals surface area contributed by atoms with E-state index in [2.05, 4.69) is 27.8 Å². The van der Waals surface area contributed by atoms with E-state index < -0.39 is 0 Å². The zero-order valence-electron chi connectivity index (χ0n) is 14.8. The molecule has 0 atom stereocenters. The van der Waals surface area contributed by atoms with Crippen LogP contribution in [-0.2, 0) is 6.54 Å². The summed E-state index contributed by atoms with van der Waals surface area (Å²) in [6, 6.07) is 6.14. The van der Waals surface area contributed by atoms with Gasteiger partial charge in [-0.1, -0.05) is 6.07 Å². The van der Waals surface area contributed by atoms with Crippen molar-refractivity contribution in [1.82, 2.24) is 10.6 Å². The third kappa shape index (κ3) is 4.79. The number of guanidine groups is 1. The van der Waals surface area contributed by atoms with Crippen LogP contribution in [0.1, 0.15) is 44.1 Å². The van der Waals surface area contributed by atoms with E-state index in [4.69, 9.17) is 9.47 Å². The van der Waals surface area contributed by atoms with Crippen molar-refractivity contribution in [3.63, 3.8) is 0 Å². The molecule has 0 unspecified atom stereocenters. The topological polar surface area (TPSA) is 54.9 Å². The lowest BCUT2D eigenvalue weighted by molar-refractivity contribution is 0.200. The van der Waals surface area contributed by atoms with Crippen LogP contribution in [0.4, 0.5) is 0 Å². The Morgan fingerprint density at radius 3 is 2.58 bits per heavy atom. The summed E-state index contributed by atoms with van der Waals surface area (Å²) in [7, 11) is 3.50. The van der Waals surface area contributed by atoms with Crippen LogP contribution in [0.5, 0.6) is 11.5 Å². The first-order valence-electron chi connectivity index (χ1n) is 9.06. The Bertz CT molecular complexity index is 564. The van der Waals surface area contributed by atoms with E-state index in [1.54, 1.807) is 7.11 Å². The Kier molecular flexibility index (Phi) is 5.83. The van der Waals surface area contributed by atoms with Crippen molar-refractivity contribution in [2.75, 3.05) is 20.7 Å². The first-order valence-corrected chi connectivity index (χ1v) is 9.06. The summed E-state index contributed by atoms with van der Waals surface area (Å²) in [4.78, 5) is 4.28. The van der Waals surface area contributed by atoms with Gasteiger partial charge in [0.15, 0.2) is 17.5 Å². The molecule has 1 aromatic carbocycles. The minimum atomic E-state index is 0.329. The van der Waals surface area contributed by atoms with Gasteiger partial charge in [0, 0.05) is 20.1 Å². The summed E-state index contributed by atoms with van der Waals surface area (Å²) in [5, 5.41) is 6.75. The number of hydrogen-bond acceptors (Lipinski definition) is 3. The van der Waals surface area contributed by atoms with Crippen molar-refractivity contribution in [3.8, 4) is 11.5 Å². The molecule has 24 heavy (non-hydrogen) atoms. The molecule has 0 spiro atoms. The van der Waals surface area contributed by atoms with Crippen molar-refractivity contribution in [2.45, 2.75) is 51.2 Å². The number of rotatable bonds is 7. The van der Waals surface area contributed by atoms with E-state index >= 15 is 0 Å². The van der Waals surface area contributed by atoms with Crippen molar-refractivity contribution in [3.05, 3.63) is 23.8 Å². The molecule has 0 aromatic heterocycles. The second-order valence-corrected chi connectivity index (χ2v) is 6.76. The Hall–Kier alpha value is -1.91. The Labute approximate surface area is 144 Å². The van der Waals surface area contributed by atoms with E-state index in [-0.39, 0.29) is 0 Å². The zero-order chi connectivity index (χ0) is 16.8. The van der Waals surface area contributed by atoms with E-state index in [1.807, 2.05) is 13.1 Å². The molecule has 2 N–H and O–H groups in total. The fourth-order valence-corrected chi connectivity index (χ4v) is 3.08. The van der Waals surface area contributed by atoms with Crippen LogP contribution in [0.2, 0.25) is 0 Å². The average Bonchev–Trinajstić information content (AvgIpc) is 3.30. The summed E-state index contributed by atoms with van der Waals surface area (Å²) in [5.74, 6) is 3.35. The predicted molar refractivity (Wildman–Crippen MR) is 96.8 cm³/mol. The lowest BCUT2D eigenvalue weighted by Crippen LogP contribution is -2.37. The van der Waals surface area contributed by atoms with Crippen LogP contribution in [0.25, 0.3) is 0 Å². The van der Waals surface area contributed by atoms with E-state index in [0.717, 1.165) is 54.9 Å². The van der Waals surface area contributed by atoms with Gasteiger partial charge >= 0.3 is 0 Å². The monoisotopic (exact) mass is 331 g/mol. The lowest BCUT2D eigenvalue weighted by atomic mass is 10.2. The minimum Gasteiger partial charge on any atom is -0.493 e. The van der Waals surface area contributed by atoms with Gasteiger partial charge in [-0.3, -0.25) is 4.99 Å². The molecule has 3 rings (SSSR count). The number of hydrogen-bond donors (Lipinski definition) is 2. The van der Waals surface area contributed by atoms with Gasteiger partial charge < -0.3 is 20.1 Å². The van der Waals surface area contributed by atoms with Crippen LogP contribution in [0.15, 0.2) is 23.2 Å². The molecule has 5 nitrogen and oxygen atoms in total. The van der Waals surface area contributed by atoms with Gasteiger partial charge in [-0.05, 0) is 62.1 Å². The van der Waals surface area contributed by atoms with Crippen LogP contribution in [0, 0.1) is 5.92 Å². The fourth-order valence-electron chi connectivity index (χ4n) is 3.08. The predicted octanol–water partition coefficient (Wildman–Crippen LogP) is 3.09. The Balaban J connectivity index is 1.57. The minimum absolute atomic E-state index is 0.329. The molecular weight excluding hydrogens is 302 g/mol. The highest BCUT2D eigenvalue weighted by Crippen LogP contribution is 2.32. The summed E-state index contributed by atoms with van der Waals surface area (Å²) < 4.78 is 11.6.